The molecule has 0 aliphatic carbocycles. The number of piperidine rings is 1. The highest BCUT2D eigenvalue weighted by Crippen LogP contribution is 2.25. The normalized spacial score (nSPS) is 17.6. The van der Waals surface area contributed by atoms with Crippen molar-refractivity contribution in [1.29, 1.82) is 0 Å². The predicted octanol–water partition coefficient (Wildman–Crippen LogP) is 2.69. The number of ether oxygens (including phenoxy) is 1. The van der Waals surface area contributed by atoms with Crippen LogP contribution in [0.2, 0.25) is 0 Å². The highest BCUT2D eigenvalue weighted by molar-refractivity contribution is 7.15. The summed E-state index contributed by atoms with van der Waals surface area (Å²) >= 11 is 1.67. The zero-order valence-corrected chi connectivity index (χ0v) is 14.7. The average Bonchev–Trinajstić information content (AvgIpc) is 3.16. The Hall–Kier alpha value is -1.44. The second-order valence-electron chi connectivity index (χ2n) is 5.99. The molecular weight excluding hydrogens is 312 g/mol. The van der Waals surface area contributed by atoms with Crippen molar-refractivity contribution in [3.8, 4) is 0 Å². The third-order valence-corrected chi connectivity index (χ3v) is 5.06. The van der Waals surface area contributed by atoms with Gasteiger partial charge in [-0.2, -0.15) is 0 Å². The fourth-order valence-corrected chi connectivity index (χ4v) is 3.69. The van der Waals surface area contributed by atoms with Gasteiger partial charge in [0.25, 0.3) is 0 Å². The first-order valence-corrected chi connectivity index (χ1v) is 8.83. The van der Waals surface area contributed by atoms with Gasteiger partial charge < -0.3 is 19.4 Å². The molecular formula is C16H24N4O2S. The van der Waals surface area contributed by atoms with Gasteiger partial charge in [-0.15, -0.1) is 10.2 Å². The van der Waals surface area contributed by atoms with E-state index < -0.39 is 0 Å². The molecule has 1 N–H and O–H groups in total. The minimum atomic E-state index is 0.106. The first-order chi connectivity index (χ1) is 11.2. The van der Waals surface area contributed by atoms with E-state index in [4.69, 9.17) is 9.15 Å². The van der Waals surface area contributed by atoms with Crippen molar-refractivity contribution in [3.05, 3.63) is 28.7 Å². The lowest BCUT2D eigenvalue weighted by Crippen LogP contribution is -2.44. The standard InChI is InChI=1S/C16H24N4O2S/c1-11-4-5-15(22-11)14(10-21-3)17-13-6-8-20(9-7-13)16-19-18-12(2)23-16/h4-5,13-14,17H,6-10H2,1-3H3/t14-/m1/s1. The first kappa shape index (κ1) is 16.4. The molecule has 7 heteroatoms. The van der Waals surface area contributed by atoms with E-state index in [1.807, 2.05) is 26.0 Å². The van der Waals surface area contributed by atoms with Crippen LogP contribution in [0.15, 0.2) is 16.5 Å². The number of aromatic nitrogens is 2. The van der Waals surface area contributed by atoms with E-state index in [2.05, 4.69) is 20.4 Å². The SMILES string of the molecule is COC[C@@H](NC1CCN(c2nnc(C)s2)CC1)c1ccc(C)o1. The molecule has 0 spiro atoms. The molecule has 0 aromatic carbocycles. The van der Waals surface area contributed by atoms with Crippen LogP contribution in [0.4, 0.5) is 5.13 Å². The van der Waals surface area contributed by atoms with Gasteiger partial charge in [-0.25, -0.2) is 0 Å². The maximum atomic E-state index is 5.76. The van der Waals surface area contributed by atoms with Gasteiger partial charge in [-0.3, -0.25) is 0 Å². The molecule has 1 saturated heterocycles. The fourth-order valence-electron chi connectivity index (χ4n) is 2.96. The van der Waals surface area contributed by atoms with Gasteiger partial charge in [0.05, 0.1) is 12.6 Å². The highest BCUT2D eigenvalue weighted by Gasteiger charge is 2.25. The van der Waals surface area contributed by atoms with Gasteiger partial charge in [-0.05, 0) is 38.8 Å². The van der Waals surface area contributed by atoms with Crippen LogP contribution < -0.4 is 10.2 Å². The number of furan rings is 1. The largest absolute Gasteiger partial charge is 0.465 e. The van der Waals surface area contributed by atoms with Crippen molar-refractivity contribution >= 4 is 16.5 Å². The van der Waals surface area contributed by atoms with Gasteiger partial charge in [0.2, 0.25) is 5.13 Å². The molecule has 0 unspecified atom stereocenters. The Bertz CT molecular complexity index is 619. The van der Waals surface area contributed by atoms with E-state index in [9.17, 15) is 0 Å². The maximum absolute atomic E-state index is 5.76. The molecule has 23 heavy (non-hydrogen) atoms. The minimum Gasteiger partial charge on any atom is -0.465 e. The van der Waals surface area contributed by atoms with E-state index in [0.29, 0.717) is 12.6 Å². The topological polar surface area (TPSA) is 63.4 Å². The Kier molecular flexibility index (Phi) is 5.30. The molecule has 0 saturated carbocycles. The van der Waals surface area contributed by atoms with E-state index in [-0.39, 0.29) is 6.04 Å². The Labute approximate surface area is 140 Å². The van der Waals surface area contributed by atoms with Gasteiger partial charge in [-0.1, -0.05) is 11.3 Å². The number of methoxy groups -OCH3 is 1. The fraction of sp³-hybridized carbons (Fsp3) is 0.625. The number of aryl methyl sites for hydroxylation is 2. The lowest BCUT2D eigenvalue weighted by molar-refractivity contribution is 0.147. The summed E-state index contributed by atoms with van der Waals surface area (Å²) in [5, 5.41) is 14.1. The van der Waals surface area contributed by atoms with Crippen LogP contribution in [-0.2, 0) is 4.74 Å². The summed E-state index contributed by atoms with van der Waals surface area (Å²) < 4.78 is 11.1. The number of hydrogen-bond donors (Lipinski definition) is 1. The van der Waals surface area contributed by atoms with E-state index >= 15 is 0 Å². The predicted molar refractivity (Wildman–Crippen MR) is 91.1 cm³/mol. The summed E-state index contributed by atoms with van der Waals surface area (Å²) in [5.74, 6) is 1.89. The lowest BCUT2D eigenvalue weighted by Gasteiger charge is -2.33. The lowest BCUT2D eigenvalue weighted by atomic mass is 10.0. The molecule has 0 radical (unpaired) electrons. The minimum absolute atomic E-state index is 0.106. The average molecular weight is 336 g/mol. The number of rotatable bonds is 6. The number of nitrogens with one attached hydrogen (secondary N) is 1. The van der Waals surface area contributed by atoms with Crippen LogP contribution in [0.3, 0.4) is 0 Å². The van der Waals surface area contributed by atoms with Crippen LogP contribution in [-0.4, -0.2) is 43.0 Å². The summed E-state index contributed by atoms with van der Waals surface area (Å²) in [4.78, 5) is 2.32. The molecule has 2 aromatic heterocycles. The van der Waals surface area contributed by atoms with Gasteiger partial charge in [0.15, 0.2) is 0 Å². The van der Waals surface area contributed by atoms with Crippen LogP contribution in [0.5, 0.6) is 0 Å². The molecule has 126 valence electrons. The van der Waals surface area contributed by atoms with Crippen LogP contribution in [0.1, 0.15) is 35.4 Å². The molecule has 0 amide bonds. The summed E-state index contributed by atoms with van der Waals surface area (Å²) in [7, 11) is 1.73. The molecule has 3 heterocycles. The monoisotopic (exact) mass is 336 g/mol. The Balaban J connectivity index is 1.56. The molecule has 1 atom stereocenters. The zero-order chi connectivity index (χ0) is 16.2. The maximum Gasteiger partial charge on any atom is 0.208 e. The number of anilines is 1. The highest BCUT2D eigenvalue weighted by atomic mass is 32.1. The van der Waals surface area contributed by atoms with Crippen molar-refractivity contribution in [1.82, 2.24) is 15.5 Å². The summed E-state index contributed by atoms with van der Waals surface area (Å²) in [6.07, 6.45) is 2.16. The van der Waals surface area contributed by atoms with Crippen molar-refractivity contribution in [2.45, 2.75) is 38.8 Å². The van der Waals surface area contributed by atoms with Crippen molar-refractivity contribution < 1.29 is 9.15 Å². The summed E-state index contributed by atoms with van der Waals surface area (Å²) in [6, 6.07) is 4.60. The second kappa shape index (κ2) is 7.42. The molecule has 1 aliphatic rings. The number of hydrogen-bond acceptors (Lipinski definition) is 7. The quantitative estimate of drug-likeness (QED) is 0.875. The molecule has 3 rings (SSSR count). The zero-order valence-electron chi connectivity index (χ0n) is 13.9. The first-order valence-electron chi connectivity index (χ1n) is 8.02. The van der Waals surface area contributed by atoms with Gasteiger partial charge in [0.1, 0.15) is 16.5 Å². The Morgan fingerprint density at radius 1 is 1.35 bits per heavy atom. The van der Waals surface area contributed by atoms with E-state index in [1.165, 1.54) is 0 Å². The van der Waals surface area contributed by atoms with E-state index in [0.717, 1.165) is 47.6 Å². The van der Waals surface area contributed by atoms with Crippen molar-refractivity contribution in [3.63, 3.8) is 0 Å². The van der Waals surface area contributed by atoms with Crippen LogP contribution in [0.25, 0.3) is 0 Å². The van der Waals surface area contributed by atoms with Crippen molar-refractivity contribution in [2.24, 2.45) is 0 Å². The van der Waals surface area contributed by atoms with Crippen LogP contribution >= 0.6 is 11.3 Å². The Morgan fingerprint density at radius 3 is 2.70 bits per heavy atom. The Morgan fingerprint density at radius 2 is 2.13 bits per heavy atom. The second-order valence-corrected chi connectivity index (χ2v) is 7.15. The molecule has 6 nitrogen and oxygen atoms in total. The van der Waals surface area contributed by atoms with Crippen molar-refractivity contribution in [2.75, 3.05) is 31.7 Å². The van der Waals surface area contributed by atoms with Gasteiger partial charge in [0, 0.05) is 26.2 Å². The van der Waals surface area contributed by atoms with E-state index in [1.54, 1.807) is 18.4 Å². The molecule has 2 aromatic rings. The smallest absolute Gasteiger partial charge is 0.208 e. The third kappa shape index (κ3) is 4.10. The molecule has 1 fully saturated rings. The number of nitrogens with zero attached hydrogens (tertiary/aromatic N) is 3. The van der Waals surface area contributed by atoms with Crippen LogP contribution in [0, 0.1) is 13.8 Å². The molecule has 0 bridgehead atoms. The summed E-state index contributed by atoms with van der Waals surface area (Å²) in [5.41, 5.74) is 0. The summed E-state index contributed by atoms with van der Waals surface area (Å²) in [6.45, 7) is 6.58. The molecule has 1 aliphatic heterocycles. The third-order valence-electron chi connectivity index (χ3n) is 4.16. The van der Waals surface area contributed by atoms with Gasteiger partial charge >= 0.3 is 0 Å².